The molecule has 0 radical (unpaired) electrons. The smallest absolute Gasteiger partial charge is 0.348 e. The molecule has 1 N–H and O–H groups in total. The van der Waals surface area contributed by atoms with E-state index in [4.69, 9.17) is 23.9 Å². The minimum atomic E-state index is -0.639. The van der Waals surface area contributed by atoms with Crippen LogP contribution in [0.3, 0.4) is 0 Å². The number of nitrogens with zero attached hydrogens (tertiary/aromatic N) is 1. The Labute approximate surface area is 229 Å². The molecule has 4 aromatic rings. The van der Waals surface area contributed by atoms with Crippen LogP contribution in [-0.4, -0.2) is 50.3 Å². The van der Waals surface area contributed by atoms with Gasteiger partial charge in [-0.05, 0) is 50.6 Å². The van der Waals surface area contributed by atoms with Gasteiger partial charge < -0.3 is 24.3 Å². The number of hydrogen-bond donors (Lipinski definition) is 1. The molecule has 2 aromatic heterocycles. The number of nitrogens with one attached hydrogen (secondary N) is 1. The van der Waals surface area contributed by atoms with Gasteiger partial charge in [-0.2, -0.15) is 0 Å². The zero-order valence-electron chi connectivity index (χ0n) is 22.2. The number of carbonyl (C=O) groups excluding carboxylic acids is 3. The van der Waals surface area contributed by atoms with Crippen LogP contribution < -0.4 is 14.8 Å². The summed E-state index contributed by atoms with van der Waals surface area (Å²) in [4.78, 5) is 44.1. The average molecular weight is 549 g/mol. The quantitative estimate of drug-likeness (QED) is 0.258. The van der Waals surface area contributed by atoms with Crippen LogP contribution in [0.5, 0.6) is 11.5 Å². The minimum Gasteiger partial charge on any atom is -0.497 e. The van der Waals surface area contributed by atoms with Crippen molar-refractivity contribution in [1.29, 1.82) is 0 Å². The molecule has 10 heteroatoms. The molecular weight excluding hydrogens is 520 g/mol. The highest BCUT2D eigenvalue weighted by atomic mass is 32.1. The van der Waals surface area contributed by atoms with E-state index in [0.717, 1.165) is 11.3 Å². The molecule has 0 atom stereocenters. The van der Waals surface area contributed by atoms with Gasteiger partial charge in [0.2, 0.25) is 0 Å². The summed E-state index contributed by atoms with van der Waals surface area (Å²) in [5.41, 5.74) is 2.61. The third-order valence-corrected chi connectivity index (χ3v) is 7.15. The van der Waals surface area contributed by atoms with Crippen LogP contribution in [-0.2, 0) is 9.47 Å². The highest BCUT2D eigenvalue weighted by Crippen LogP contribution is 2.37. The molecule has 0 aliphatic heterocycles. The third-order valence-electron chi connectivity index (χ3n) is 5.96. The van der Waals surface area contributed by atoms with Gasteiger partial charge in [0, 0.05) is 17.0 Å². The van der Waals surface area contributed by atoms with Crippen LogP contribution in [0.15, 0.2) is 48.5 Å². The molecule has 202 valence electrons. The maximum Gasteiger partial charge on any atom is 0.348 e. The Morgan fingerprint density at radius 2 is 1.64 bits per heavy atom. The molecule has 0 bridgehead atoms. The Kier molecular flexibility index (Phi) is 8.46. The van der Waals surface area contributed by atoms with Gasteiger partial charge in [0.15, 0.2) is 0 Å². The monoisotopic (exact) mass is 548 g/mol. The molecule has 9 nitrogen and oxygen atoms in total. The summed E-state index contributed by atoms with van der Waals surface area (Å²) in [6, 6.07) is 14.2. The number of benzene rings is 2. The van der Waals surface area contributed by atoms with Gasteiger partial charge >= 0.3 is 11.9 Å². The lowest BCUT2D eigenvalue weighted by molar-refractivity contribution is 0.0527. The van der Waals surface area contributed by atoms with E-state index in [1.54, 1.807) is 59.3 Å². The van der Waals surface area contributed by atoms with Crippen molar-refractivity contribution in [2.45, 2.75) is 20.8 Å². The van der Waals surface area contributed by atoms with Crippen LogP contribution in [0, 0.1) is 6.92 Å². The minimum absolute atomic E-state index is 0.119. The van der Waals surface area contributed by atoms with Crippen molar-refractivity contribution in [2.24, 2.45) is 0 Å². The number of ether oxygens (including phenoxy) is 4. The molecule has 0 saturated carbocycles. The second-order valence-electron chi connectivity index (χ2n) is 8.29. The fourth-order valence-corrected chi connectivity index (χ4v) is 5.21. The van der Waals surface area contributed by atoms with Crippen molar-refractivity contribution >= 4 is 45.1 Å². The number of rotatable bonds is 9. The number of carbonyl (C=O) groups is 3. The third kappa shape index (κ3) is 5.56. The standard InChI is InChI=1S/C29H28N2O7S/c1-6-37-28(33)24-16(3)25(29(34)38-7-2)39-27(24)31-26(32)20-15-22(30-21-11-9-8-10-18(20)21)19-13-12-17(35-4)14-23(19)36-5/h8-15H,6-7H2,1-5H3,(H,31,32). The van der Waals surface area contributed by atoms with Crippen LogP contribution in [0.25, 0.3) is 22.2 Å². The largest absolute Gasteiger partial charge is 0.497 e. The van der Waals surface area contributed by atoms with Crippen molar-refractivity contribution in [2.75, 3.05) is 32.8 Å². The summed E-state index contributed by atoms with van der Waals surface area (Å²) in [7, 11) is 3.11. The lowest BCUT2D eigenvalue weighted by atomic mass is 10.0. The van der Waals surface area contributed by atoms with E-state index in [1.807, 2.05) is 24.3 Å². The first-order valence-corrected chi connectivity index (χ1v) is 13.1. The highest BCUT2D eigenvalue weighted by molar-refractivity contribution is 7.18. The van der Waals surface area contributed by atoms with Crippen molar-refractivity contribution in [3.8, 4) is 22.8 Å². The molecule has 0 unspecified atom stereocenters. The second kappa shape index (κ2) is 12.0. The number of para-hydroxylation sites is 1. The molecule has 1 amide bonds. The van der Waals surface area contributed by atoms with Gasteiger partial charge in [-0.15, -0.1) is 11.3 Å². The second-order valence-corrected chi connectivity index (χ2v) is 9.31. The lowest BCUT2D eigenvalue weighted by Crippen LogP contribution is -2.15. The number of thiophene rings is 1. The van der Waals surface area contributed by atoms with Gasteiger partial charge in [-0.1, -0.05) is 18.2 Å². The molecule has 4 rings (SSSR count). The Bertz CT molecular complexity index is 1560. The van der Waals surface area contributed by atoms with E-state index < -0.39 is 17.8 Å². The van der Waals surface area contributed by atoms with Gasteiger partial charge in [0.25, 0.3) is 5.91 Å². The maximum atomic E-state index is 13.8. The zero-order valence-corrected chi connectivity index (χ0v) is 23.1. The normalized spacial score (nSPS) is 10.7. The van der Waals surface area contributed by atoms with E-state index in [9.17, 15) is 14.4 Å². The first-order chi connectivity index (χ1) is 18.8. The first kappa shape index (κ1) is 27.6. The summed E-state index contributed by atoms with van der Waals surface area (Å²) in [5, 5.41) is 3.65. The Morgan fingerprint density at radius 1 is 0.923 bits per heavy atom. The van der Waals surface area contributed by atoms with E-state index in [-0.39, 0.29) is 28.7 Å². The molecule has 2 heterocycles. The predicted octanol–water partition coefficient (Wildman–Crippen LogP) is 5.89. The topological polar surface area (TPSA) is 113 Å². The lowest BCUT2D eigenvalue weighted by Gasteiger charge is -2.13. The molecule has 0 spiro atoms. The van der Waals surface area contributed by atoms with Gasteiger partial charge in [-0.25, -0.2) is 14.6 Å². The van der Waals surface area contributed by atoms with E-state index in [2.05, 4.69) is 5.32 Å². The zero-order chi connectivity index (χ0) is 28.1. The SMILES string of the molecule is CCOC(=O)c1sc(NC(=O)c2cc(-c3ccc(OC)cc3OC)nc3ccccc23)c(C(=O)OCC)c1C. The maximum absolute atomic E-state index is 13.8. The Balaban J connectivity index is 1.83. The summed E-state index contributed by atoms with van der Waals surface area (Å²) in [6.45, 7) is 5.31. The van der Waals surface area contributed by atoms with E-state index in [1.165, 1.54) is 0 Å². The number of fused-ring (bicyclic) bond motifs is 1. The average Bonchev–Trinajstić information content (AvgIpc) is 3.27. The number of pyridine rings is 1. The van der Waals surface area contributed by atoms with Gasteiger partial charge in [-0.3, -0.25) is 4.79 Å². The summed E-state index contributed by atoms with van der Waals surface area (Å²) in [5.74, 6) is -0.549. The molecule has 2 aromatic carbocycles. The number of anilines is 1. The predicted molar refractivity (Wildman–Crippen MR) is 149 cm³/mol. The molecule has 0 aliphatic rings. The number of aromatic nitrogens is 1. The fraction of sp³-hybridized carbons (Fsp3) is 0.241. The van der Waals surface area contributed by atoms with Crippen LogP contribution in [0.1, 0.15) is 49.8 Å². The molecular formula is C29H28N2O7S. The van der Waals surface area contributed by atoms with Gasteiger partial charge in [0.1, 0.15) is 21.4 Å². The molecule has 0 fully saturated rings. The van der Waals surface area contributed by atoms with Crippen molar-refractivity contribution < 1.29 is 33.3 Å². The van der Waals surface area contributed by atoms with Crippen LogP contribution in [0.2, 0.25) is 0 Å². The Morgan fingerprint density at radius 3 is 2.33 bits per heavy atom. The van der Waals surface area contributed by atoms with E-state index >= 15 is 0 Å². The van der Waals surface area contributed by atoms with Crippen molar-refractivity contribution in [1.82, 2.24) is 4.98 Å². The molecule has 0 aliphatic carbocycles. The van der Waals surface area contributed by atoms with Crippen molar-refractivity contribution in [3.63, 3.8) is 0 Å². The Hall–Kier alpha value is -4.44. The fourth-order valence-electron chi connectivity index (χ4n) is 4.12. The van der Waals surface area contributed by atoms with Crippen LogP contribution in [0.4, 0.5) is 5.00 Å². The summed E-state index contributed by atoms with van der Waals surface area (Å²) >= 11 is 0.971. The highest BCUT2D eigenvalue weighted by Gasteiger charge is 2.28. The van der Waals surface area contributed by atoms with Gasteiger partial charge in [0.05, 0.1) is 49.8 Å². The first-order valence-electron chi connectivity index (χ1n) is 12.2. The molecule has 39 heavy (non-hydrogen) atoms. The summed E-state index contributed by atoms with van der Waals surface area (Å²) in [6.07, 6.45) is 0. The molecule has 0 saturated heterocycles. The van der Waals surface area contributed by atoms with E-state index in [0.29, 0.717) is 44.8 Å². The van der Waals surface area contributed by atoms with Crippen molar-refractivity contribution in [3.05, 3.63) is 70.1 Å². The number of hydrogen-bond acceptors (Lipinski definition) is 9. The number of esters is 2. The number of amides is 1. The summed E-state index contributed by atoms with van der Waals surface area (Å²) < 4.78 is 21.2. The van der Waals surface area contributed by atoms with Crippen LogP contribution >= 0.6 is 11.3 Å². The number of methoxy groups -OCH3 is 2.